The summed E-state index contributed by atoms with van der Waals surface area (Å²) in [6.45, 7) is -0.411. The molecule has 0 fully saturated rings. The van der Waals surface area contributed by atoms with E-state index in [4.69, 9.17) is 15.3 Å². The Balaban J connectivity index is 3.65. The fraction of sp³-hybridized carbons (Fsp3) is 0.500. The van der Waals surface area contributed by atoms with E-state index in [1.54, 1.807) is 0 Å². The van der Waals surface area contributed by atoms with Crippen molar-refractivity contribution in [3.8, 4) is 47.4 Å². The fourth-order valence-corrected chi connectivity index (χ4v) is 1.42. The molecule has 0 aromatic heterocycles. The number of carboxylic acids is 1. The van der Waals surface area contributed by atoms with Gasteiger partial charge in [-0.05, 0) is 48.4 Å². The number of rotatable bonds is 8. The molecule has 0 bridgehead atoms. The first kappa shape index (κ1) is 19.6. The van der Waals surface area contributed by atoms with E-state index in [0.717, 1.165) is 38.5 Å². The highest BCUT2D eigenvalue weighted by atomic mass is 16.4. The molecule has 0 aromatic carbocycles. The van der Waals surface area contributed by atoms with Crippen LogP contribution >= 0.6 is 0 Å². The number of aliphatic carboxylic acids is 1. The summed E-state index contributed by atoms with van der Waals surface area (Å²) in [4.78, 5) is 10.3. The topological polar surface area (TPSA) is 77.8 Å². The average Bonchev–Trinajstić information content (AvgIpc) is 2.50. The number of carboxylic acid groups (broad SMARTS) is 1. The Morgan fingerprint density at radius 2 is 1.45 bits per heavy atom. The molecule has 0 aromatic rings. The van der Waals surface area contributed by atoms with Gasteiger partial charge in [0.2, 0.25) is 0 Å². The molecule has 0 aliphatic rings. The lowest BCUT2D eigenvalue weighted by Gasteiger charge is -1.96. The van der Waals surface area contributed by atoms with Crippen LogP contribution in [0.4, 0.5) is 0 Å². The van der Waals surface area contributed by atoms with Crippen molar-refractivity contribution >= 4 is 5.97 Å². The van der Waals surface area contributed by atoms with Gasteiger partial charge in [-0.15, -0.1) is 0 Å². The third-order valence-corrected chi connectivity index (χ3v) is 2.51. The van der Waals surface area contributed by atoms with Gasteiger partial charge < -0.3 is 15.3 Å². The summed E-state index contributed by atoms with van der Waals surface area (Å²) >= 11 is 0. The minimum atomic E-state index is -1.06. The van der Waals surface area contributed by atoms with Gasteiger partial charge in [-0.1, -0.05) is 31.1 Å². The molecule has 22 heavy (non-hydrogen) atoms. The van der Waals surface area contributed by atoms with Crippen molar-refractivity contribution in [2.75, 3.05) is 6.61 Å². The monoisotopic (exact) mass is 300 g/mol. The zero-order valence-electron chi connectivity index (χ0n) is 12.5. The number of carbonyl (C=O) groups is 1. The van der Waals surface area contributed by atoms with E-state index in [0.29, 0.717) is 0 Å². The second-order valence-electron chi connectivity index (χ2n) is 4.43. The molecule has 3 N–H and O–H groups in total. The van der Waals surface area contributed by atoms with Crippen LogP contribution < -0.4 is 0 Å². The fourth-order valence-electron chi connectivity index (χ4n) is 1.42. The first-order chi connectivity index (χ1) is 10.7. The van der Waals surface area contributed by atoms with E-state index >= 15 is 0 Å². The molecular formula is C18H20O4. The number of hydrogen-bond donors (Lipinski definition) is 3. The summed E-state index contributed by atoms with van der Waals surface area (Å²) in [6.07, 6.45) is 4.70. The van der Waals surface area contributed by atoms with E-state index in [9.17, 15) is 4.79 Å². The first-order valence-corrected chi connectivity index (χ1v) is 7.16. The highest BCUT2D eigenvalue weighted by molar-refractivity contribution is 5.66. The average molecular weight is 300 g/mol. The lowest BCUT2D eigenvalue weighted by atomic mass is 10.1. The van der Waals surface area contributed by atoms with E-state index in [-0.39, 0.29) is 6.42 Å². The summed E-state index contributed by atoms with van der Waals surface area (Å²) in [6, 6.07) is 0. The minimum absolute atomic E-state index is 0.250. The number of hydrogen-bond acceptors (Lipinski definition) is 3. The summed E-state index contributed by atoms with van der Waals surface area (Å²) in [5.74, 6) is 19.6. The van der Waals surface area contributed by atoms with Crippen LogP contribution in [0.15, 0.2) is 0 Å². The third kappa shape index (κ3) is 15.7. The van der Waals surface area contributed by atoms with Crippen LogP contribution in [0.25, 0.3) is 0 Å². The highest BCUT2D eigenvalue weighted by Gasteiger charge is 1.95. The molecule has 1 atom stereocenters. The van der Waals surface area contributed by atoms with E-state index in [1.807, 2.05) is 0 Å². The smallest absolute Gasteiger partial charge is 0.303 e. The number of aliphatic hydroxyl groups is 2. The molecule has 0 saturated carbocycles. The standard InChI is InChI=1S/C18H20O4/c19-16-17(20)14-12-10-8-6-4-2-1-3-5-7-9-11-13-15-18(21)22/h17,19-20H,3,5,7,9,11,13,15-16H2,(H,21,22)/t17-/m0/s1. The molecule has 0 aliphatic carbocycles. The van der Waals surface area contributed by atoms with Crippen molar-refractivity contribution in [1.82, 2.24) is 0 Å². The second kappa shape index (κ2) is 15.0. The third-order valence-electron chi connectivity index (χ3n) is 2.51. The zero-order chi connectivity index (χ0) is 16.5. The molecule has 4 heteroatoms. The van der Waals surface area contributed by atoms with Crippen LogP contribution in [0.3, 0.4) is 0 Å². The van der Waals surface area contributed by atoms with Crippen molar-refractivity contribution in [2.24, 2.45) is 0 Å². The van der Waals surface area contributed by atoms with Gasteiger partial charge >= 0.3 is 5.97 Å². The molecule has 0 saturated heterocycles. The van der Waals surface area contributed by atoms with Crippen molar-refractivity contribution in [1.29, 1.82) is 0 Å². The van der Waals surface area contributed by atoms with Gasteiger partial charge in [0, 0.05) is 12.8 Å². The number of unbranched alkanes of at least 4 members (excludes halogenated alkanes) is 5. The lowest BCUT2D eigenvalue weighted by molar-refractivity contribution is -0.137. The van der Waals surface area contributed by atoms with Gasteiger partial charge in [-0.2, -0.15) is 0 Å². The Kier molecular flexibility index (Phi) is 13.4. The van der Waals surface area contributed by atoms with Gasteiger partial charge in [0.25, 0.3) is 0 Å². The molecule has 0 rings (SSSR count). The van der Waals surface area contributed by atoms with Crippen LogP contribution in [0.5, 0.6) is 0 Å². The maximum atomic E-state index is 10.3. The van der Waals surface area contributed by atoms with Gasteiger partial charge in [-0.3, -0.25) is 4.79 Å². The number of aliphatic hydroxyl groups excluding tert-OH is 2. The van der Waals surface area contributed by atoms with Crippen LogP contribution in [-0.2, 0) is 4.79 Å². The van der Waals surface area contributed by atoms with Crippen molar-refractivity contribution < 1.29 is 20.1 Å². The summed E-state index contributed by atoms with van der Waals surface area (Å²) in [5, 5.41) is 25.9. The summed E-state index contributed by atoms with van der Waals surface area (Å²) < 4.78 is 0. The van der Waals surface area contributed by atoms with E-state index < -0.39 is 18.7 Å². The molecule has 0 spiro atoms. The largest absolute Gasteiger partial charge is 0.481 e. The van der Waals surface area contributed by atoms with E-state index in [2.05, 4.69) is 47.4 Å². The molecule has 116 valence electrons. The minimum Gasteiger partial charge on any atom is -0.481 e. The second-order valence-corrected chi connectivity index (χ2v) is 4.43. The summed E-state index contributed by atoms with van der Waals surface area (Å²) in [5.41, 5.74) is 0. The normalized spacial score (nSPS) is 9.55. The van der Waals surface area contributed by atoms with Crippen molar-refractivity contribution in [2.45, 2.75) is 51.0 Å². The molecule has 0 unspecified atom stereocenters. The lowest BCUT2D eigenvalue weighted by Crippen LogP contribution is -2.07. The Morgan fingerprint density at radius 1 is 0.864 bits per heavy atom. The van der Waals surface area contributed by atoms with E-state index in [1.165, 1.54) is 0 Å². The Bertz CT molecular complexity index is 561. The van der Waals surface area contributed by atoms with Crippen LogP contribution in [0, 0.1) is 47.4 Å². The van der Waals surface area contributed by atoms with Crippen LogP contribution in [0.1, 0.15) is 44.9 Å². The summed E-state index contributed by atoms with van der Waals surface area (Å²) in [7, 11) is 0. The maximum Gasteiger partial charge on any atom is 0.303 e. The van der Waals surface area contributed by atoms with Gasteiger partial charge in [0.05, 0.1) is 6.61 Å². The zero-order valence-corrected chi connectivity index (χ0v) is 12.5. The predicted octanol–water partition coefficient (Wildman–Crippen LogP) is 1.17. The van der Waals surface area contributed by atoms with Crippen LogP contribution in [0.2, 0.25) is 0 Å². The Labute approximate surface area is 131 Å². The molecule has 0 radical (unpaired) electrons. The first-order valence-electron chi connectivity index (χ1n) is 7.16. The van der Waals surface area contributed by atoms with Crippen molar-refractivity contribution in [3.05, 3.63) is 0 Å². The van der Waals surface area contributed by atoms with Crippen LogP contribution in [-0.4, -0.2) is 34.0 Å². The Morgan fingerprint density at radius 3 is 2.14 bits per heavy atom. The molecule has 0 aliphatic heterocycles. The predicted molar refractivity (Wildman–Crippen MR) is 84.2 cm³/mol. The maximum absolute atomic E-state index is 10.3. The highest BCUT2D eigenvalue weighted by Crippen LogP contribution is 2.06. The quantitative estimate of drug-likeness (QED) is 0.464. The molecule has 0 amide bonds. The molecular weight excluding hydrogens is 280 g/mol. The van der Waals surface area contributed by atoms with Gasteiger partial charge in [0.15, 0.2) is 0 Å². The van der Waals surface area contributed by atoms with Crippen molar-refractivity contribution in [3.63, 3.8) is 0 Å². The molecule has 0 heterocycles. The Hall–Kier alpha value is -2.37. The molecule has 4 nitrogen and oxygen atoms in total. The van der Waals surface area contributed by atoms with Gasteiger partial charge in [-0.25, -0.2) is 0 Å². The van der Waals surface area contributed by atoms with Gasteiger partial charge in [0.1, 0.15) is 6.10 Å². The SMILES string of the molecule is O=C(O)CCCCCCCC#CC#CC#CC#C[C@H](O)CO.